The lowest BCUT2D eigenvalue weighted by Crippen LogP contribution is -2.25. The number of nitrogens with zero attached hydrogens (tertiary/aromatic N) is 2. The van der Waals surface area contributed by atoms with Crippen LogP contribution in [0.4, 0.5) is 5.69 Å². The van der Waals surface area contributed by atoms with Crippen LogP contribution in [0.1, 0.15) is 11.5 Å². The molecule has 7 nitrogen and oxygen atoms in total. The molecule has 2 atom stereocenters. The molecule has 1 aliphatic rings. The van der Waals surface area contributed by atoms with Crippen molar-refractivity contribution in [2.45, 2.75) is 5.92 Å². The number of H-pyrrole nitrogens is 1. The molecule has 2 heterocycles. The van der Waals surface area contributed by atoms with Gasteiger partial charge in [0.25, 0.3) is 5.91 Å². The van der Waals surface area contributed by atoms with Gasteiger partial charge in [0.05, 0.1) is 5.52 Å². The fraction of sp³-hybridized carbons (Fsp3) is 0.158. The van der Waals surface area contributed by atoms with E-state index in [1.54, 1.807) is 6.07 Å². The number of halogens is 2. The largest absolute Gasteiger partial charge is 0.493 e. The summed E-state index contributed by atoms with van der Waals surface area (Å²) in [5.74, 6) is -2.48. The van der Waals surface area contributed by atoms with Crippen molar-refractivity contribution in [2.24, 2.45) is 16.1 Å². The number of azo groups is 1. The van der Waals surface area contributed by atoms with E-state index in [0.717, 1.165) is 14.5 Å². The molecule has 3 aromatic rings. The van der Waals surface area contributed by atoms with Gasteiger partial charge in [0.1, 0.15) is 5.92 Å². The summed E-state index contributed by atoms with van der Waals surface area (Å²) in [5.41, 5.74) is 1.65. The van der Waals surface area contributed by atoms with E-state index in [1.807, 2.05) is 36.4 Å². The summed E-state index contributed by atoms with van der Waals surface area (Å²) in [6, 6.07) is 12.9. The maximum atomic E-state index is 12.7. The van der Waals surface area contributed by atoms with Crippen LogP contribution in [0, 0.1) is 5.92 Å². The molecule has 4 rings (SSSR count). The average Bonchev–Trinajstić information content (AvgIpc) is 3.21. The molecule has 1 saturated heterocycles. The molecule has 2 amide bonds. The van der Waals surface area contributed by atoms with E-state index in [2.05, 4.69) is 52.4 Å². The van der Waals surface area contributed by atoms with E-state index in [-0.39, 0.29) is 23.4 Å². The van der Waals surface area contributed by atoms with E-state index in [1.165, 1.54) is 0 Å². The summed E-state index contributed by atoms with van der Waals surface area (Å²) in [7, 11) is 0. The van der Waals surface area contributed by atoms with Gasteiger partial charge in [0, 0.05) is 26.8 Å². The first kappa shape index (κ1) is 18.8. The van der Waals surface area contributed by atoms with E-state index >= 15 is 0 Å². The number of fused-ring (bicyclic) bond motifs is 1. The molecule has 0 saturated carbocycles. The van der Waals surface area contributed by atoms with Crippen LogP contribution in [-0.2, 0) is 9.59 Å². The Labute approximate surface area is 176 Å². The number of aromatic nitrogens is 1. The second-order valence-corrected chi connectivity index (χ2v) is 8.18. The van der Waals surface area contributed by atoms with Crippen LogP contribution < -0.4 is 5.32 Å². The zero-order valence-electron chi connectivity index (χ0n) is 14.3. The first-order chi connectivity index (χ1) is 13.5. The molecule has 0 unspecified atom stereocenters. The van der Waals surface area contributed by atoms with Crippen molar-refractivity contribution in [1.82, 2.24) is 10.3 Å². The minimum Gasteiger partial charge on any atom is -0.493 e. The predicted molar refractivity (Wildman–Crippen MR) is 111 cm³/mol. The number of carbonyl (C=O) groups excluding carboxylic acids is 2. The number of hydrogen-bond acceptors (Lipinski definition) is 4. The summed E-state index contributed by atoms with van der Waals surface area (Å²) in [6.45, 7) is 0.368. The number of benzene rings is 2. The lowest BCUT2D eigenvalue weighted by atomic mass is 9.88. The fourth-order valence-corrected chi connectivity index (χ4v) is 4.70. The molecule has 0 bridgehead atoms. The highest BCUT2D eigenvalue weighted by atomic mass is 79.9. The normalized spacial score (nSPS) is 19.4. The summed E-state index contributed by atoms with van der Waals surface area (Å²) in [5, 5.41) is 21.2. The van der Waals surface area contributed by atoms with Gasteiger partial charge in [-0.15, -0.1) is 10.2 Å². The van der Waals surface area contributed by atoms with Crippen molar-refractivity contribution in [3.8, 4) is 5.88 Å². The minimum absolute atomic E-state index is 0.139. The van der Waals surface area contributed by atoms with Crippen LogP contribution >= 0.6 is 31.9 Å². The van der Waals surface area contributed by atoms with Crippen molar-refractivity contribution in [2.75, 3.05) is 6.54 Å². The summed E-state index contributed by atoms with van der Waals surface area (Å²) >= 11 is 6.79. The molecule has 0 spiro atoms. The van der Waals surface area contributed by atoms with E-state index < -0.39 is 11.8 Å². The smallest absolute Gasteiger partial charge is 0.277 e. The van der Waals surface area contributed by atoms with Crippen LogP contribution in [0.15, 0.2) is 61.6 Å². The Morgan fingerprint density at radius 2 is 1.93 bits per heavy atom. The molecule has 1 fully saturated rings. The van der Waals surface area contributed by atoms with Crippen LogP contribution in [-0.4, -0.2) is 28.4 Å². The van der Waals surface area contributed by atoms with Crippen LogP contribution in [0.3, 0.4) is 0 Å². The maximum Gasteiger partial charge on any atom is 0.277 e. The van der Waals surface area contributed by atoms with Crippen molar-refractivity contribution < 1.29 is 14.7 Å². The van der Waals surface area contributed by atoms with E-state index in [9.17, 15) is 14.7 Å². The molecule has 28 heavy (non-hydrogen) atoms. The maximum absolute atomic E-state index is 12.7. The Bertz CT molecular complexity index is 1110. The highest BCUT2D eigenvalue weighted by Crippen LogP contribution is 2.40. The van der Waals surface area contributed by atoms with Crippen LogP contribution in [0.25, 0.3) is 10.9 Å². The van der Waals surface area contributed by atoms with Crippen molar-refractivity contribution >= 4 is 60.3 Å². The van der Waals surface area contributed by atoms with Crippen molar-refractivity contribution in [3.05, 3.63) is 57.0 Å². The van der Waals surface area contributed by atoms with Gasteiger partial charge in [-0.3, -0.25) is 9.59 Å². The number of amides is 2. The van der Waals surface area contributed by atoms with Crippen LogP contribution in [0.5, 0.6) is 5.88 Å². The molecule has 3 N–H and O–H groups in total. The van der Waals surface area contributed by atoms with E-state index in [0.29, 0.717) is 17.4 Å². The SMILES string of the molecule is O=C(N=Nc1c(O)[nH]c2c(Br)cc(Br)cc12)[C@H]1C(=O)NC[C@@H]1c1ccccc1. The standard InChI is InChI=1S/C19H14Br2N4O3/c20-10-6-11-15(13(21)7-10)23-19(28)16(11)24-25-18(27)14-12(8-22-17(14)26)9-4-2-1-3-5-9/h1-7,12,14,23,28H,8H2,(H,22,26)/t12-,14-/m1/s1. The summed E-state index contributed by atoms with van der Waals surface area (Å²) in [4.78, 5) is 27.7. The number of rotatable bonds is 3. The van der Waals surface area contributed by atoms with Crippen molar-refractivity contribution in [3.63, 3.8) is 0 Å². The molecule has 1 aromatic heterocycles. The Kier molecular flexibility index (Phi) is 5.03. The quantitative estimate of drug-likeness (QED) is 0.359. The molecule has 0 aliphatic carbocycles. The van der Waals surface area contributed by atoms with Gasteiger partial charge in [0.2, 0.25) is 11.8 Å². The fourth-order valence-electron chi connectivity index (χ4n) is 3.37. The molecule has 0 radical (unpaired) electrons. The predicted octanol–water partition coefficient (Wildman–Crippen LogP) is 4.54. The first-order valence-corrected chi connectivity index (χ1v) is 10.0. The number of nitrogens with one attached hydrogen (secondary N) is 2. The zero-order chi connectivity index (χ0) is 19.8. The van der Waals surface area contributed by atoms with Crippen LogP contribution in [0.2, 0.25) is 0 Å². The van der Waals surface area contributed by atoms with Gasteiger partial charge in [-0.2, -0.15) is 0 Å². The first-order valence-electron chi connectivity index (χ1n) is 8.43. The van der Waals surface area contributed by atoms with Gasteiger partial charge >= 0.3 is 0 Å². The number of hydrogen-bond donors (Lipinski definition) is 3. The number of aromatic amines is 1. The third kappa shape index (κ3) is 3.35. The second-order valence-electron chi connectivity index (χ2n) is 6.41. The summed E-state index contributed by atoms with van der Waals surface area (Å²) in [6.07, 6.45) is 0. The average molecular weight is 506 g/mol. The molecule has 1 aliphatic heterocycles. The number of aromatic hydroxyl groups is 1. The summed E-state index contributed by atoms with van der Waals surface area (Å²) < 4.78 is 1.49. The van der Waals surface area contributed by atoms with Gasteiger partial charge in [-0.1, -0.05) is 46.3 Å². The molecule has 142 valence electrons. The molecular weight excluding hydrogens is 492 g/mol. The molecule has 9 heteroatoms. The monoisotopic (exact) mass is 504 g/mol. The second kappa shape index (κ2) is 7.48. The zero-order valence-corrected chi connectivity index (χ0v) is 17.5. The topological polar surface area (TPSA) is 107 Å². The van der Waals surface area contributed by atoms with Gasteiger partial charge in [0.15, 0.2) is 5.69 Å². The van der Waals surface area contributed by atoms with Crippen molar-refractivity contribution in [1.29, 1.82) is 0 Å². The minimum atomic E-state index is -0.947. The molecular formula is C19H14Br2N4O3. The Morgan fingerprint density at radius 1 is 1.18 bits per heavy atom. The Balaban J connectivity index is 1.66. The highest BCUT2D eigenvalue weighted by molar-refractivity contribution is 9.11. The highest BCUT2D eigenvalue weighted by Gasteiger charge is 2.41. The van der Waals surface area contributed by atoms with Gasteiger partial charge in [-0.05, 0) is 33.6 Å². The van der Waals surface area contributed by atoms with Gasteiger partial charge in [-0.25, -0.2) is 0 Å². The Morgan fingerprint density at radius 3 is 2.68 bits per heavy atom. The lowest BCUT2D eigenvalue weighted by molar-refractivity contribution is -0.131. The third-order valence-electron chi connectivity index (χ3n) is 4.70. The lowest BCUT2D eigenvalue weighted by Gasteiger charge is -2.13. The Hall–Kier alpha value is -2.52. The van der Waals surface area contributed by atoms with Gasteiger partial charge < -0.3 is 15.4 Å². The van der Waals surface area contributed by atoms with E-state index in [4.69, 9.17) is 0 Å². The number of carbonyl (C=O) groups is 2. The third-order valence-corrected chi connectivity index (χ3v) is 5.78. The molecule has 2 aromatic carbocycles.